The van der Waals surface area contributed by atoms with Gasteiger partial charge in [-0.3, -0.25) is 9.10 Å². The third-order valence-electron chi connectivity index (χ3n) is 5.55. The maximum absolute atomic E-state index is 13.5. The van der Waals surface area contributed by atoms with Gasteiger partial charge in [0.2, 0.25) is 0 Å². The quantitative estimate of drug-likeness (QED) is 0.518. The standard InChI is InChI=1S/C26H26N2O6S/c1-4-33-26(30)19-8-10-20(11-9-19)27-25(29)24-16-28(22-15-18(3)7-14-23(22)34-24)35(31,32)21-12-5-17(2)6-13-21/h5-15,24H,4,16H2,1-3H3,(H,27,29)/t24-/m1/s1. The first kappa shape index (κ1) is 24.3. The highest BCUT2D eigenvalue weighted by molar-refractivity contribution is 7.92. The fraction of sp³-hybridized carbons (Fsp3) is 0.231. The zero-order valence-corrected chi connectivity index (χ0v) is 20.5. The zero-order valence-electron chi connectivity index (χ0n) is 19.6. The van der Waals surface area contributed by atoms with Crippen molar-refractivity contribution in [3.05, 3.63) is 83.4 Å². The number of nitrogens with one attached hydrogen (secondary N) is 1. The maximum atomic E-state index is 13.5. The molecule has 0 fully saturated rings. The van der Waals surface area contributed by atoms with Gasteiger partial charge >= 0.3 is 5.97 Å². The number of sulfonamides is 1. The van der Waals surface area contributed by atoms with E-state index in [9.17, 15) is 18.0 Å². The highest BCUT2D eigenvalue weighted by atomic mass is 32.2. The van der Waals surface area contributed by atoms with Gasteiger partial charge in [-0.1, -0.05) is 23.8 Å². The molecule has 1 amide bonds. The summed E-state index contributed by atoms with van der Waals surface area (Å²) in [5, 5.41) is 2.73. The first-order valence-corrected chi connectivity index (χ1v) is 12.6. The third-order valence-corrected chi connectivity index (χ3v) is 7.34. The molecule has 35 heavy (non-hydrogen) atoms. The van der Waals surface area contributed by atoms with E-state index in [0.717, 1.165) is 11.1 Å². The summed E-state index contributed by atoms with van der Waals surface area (Å²) in [6.45, 7) is 5.52. The Morgan fingerprint density at radius 2 is 1.66 bits per heavy atom. The number of nitrogens with zero attached hydrogens (tertiary/aromatic N) is 1. The first-order valence-electron chi connectivity index (χ1n) is 11.1. The molecule has 1 aliphatic heterocycles. The van der Waals surface area contributed by atoms with Crippen molar-refractivity contribution >= 4 is 33.3 Å². The molecule has 1 heterocycles. The molecule has 0 saturated carbocycles. The molecule has 182 valence electrons. The summed E-state index contributed by atoms with van der Waals surface area (Å²) in [6.07, 6.45) is -1.09. The van der Waals surface area contributed by atoms with Gasteiger partial charge in [0.25, 0.3) is 15.9 Å². The lowest BCUT2D eigenvalue weighted by Crippen LogP contribution is -2.48. The van der Waals surface area contributed by atoms with Crippen LogP contribution in [0, 0.1) is 13.8 Å². The number of carbonyl (C=O) groups excluding carboxylic acids is 2. The highest BCUT2D eigenvalue weighted by Gasteiger charge is 2.37. The van der Waals surface area contributed by atoms with Gasteiger partial charge in [0.05, 0.1) is 29.3 Å². The summed E-state index contributed by atoms with van der Waals surface area (Å²) in [7, 11) is -3.95. The lowest BCUT2D eigenvalue weighted by molar-refractivity contribution is -0.122. The van der Waals surface area contributed by atoms with Crippen LogP contribution in [0.5, 0.6) is 5.75 Å². The number of esters is 1. The predicted molar refractivity (Wildman–Crippen MR) is 132 cm³/mol. The lowest BCUT2D eigenvalue weighted by atomic mass is 10.1. The largest absolute Gasteiger partial charge is 0.476 e. The van der Waals surface area contributed by atoms with Crippen molar-refractivity contribution < 1.29 is 27.5 Å². The second kappa shape index (κ2) is 9.79. The molecule has 0 bridgehead atoms. The number of anilines is 2. The average Bonchev–Trinajstić information content (AvgIpc) is 2.84. The summed E-state index contributed by atoms with van der Waals surface area (Å²) in [5.74, 6) is -0.663. The molecule has 4 rings (SSSR count). The molecule has 0 saturated heterocycles. The second-order valence-corrected chi connectivity index (χ2v) is 10.1. The van der Waals surface area contributed by atoms with Crippen molar-refractivity contribution in [2.24, 2.45) is 0 Å². The van der Waals surface area contributed by atoms with Gasteiger partial charge in [0.15, 0.2) is 6.10 Å². The normalized spacial score (nSPS) is 15.1. The molecule has 0 spiro atoms. The van der Waals surface area contributed by atoms with Crippen molar-refractivity contribution in [3.8, 4) is 5.75 Å². The van der Waals surface area contributed by atoms with E-state index in [2.05, 4.69) is 5.32 Å². The van der Waals surface area contributed by atoms with Crippen molar-refractivity contribution in [1.82, 2.24) is 0 Å². The van der Waals surface area contributed by atoms with E-state index in [1.807, 2.05) is 13.8 Å². The van der Waals surface area contributed by atoms with Crippen LogP contribution in [-0.2, 0) is 19.6 Å². The van der Waals surface area contributed by atoms with Crippen molar-refractivity contribution in [2.75, 3.05) is 22.8 Å². The van der Waals surface area contributed by atoms with E-state index in [4.69, 9.17) is 9.47 Å². The van der Waals surface area contributed by atoms with Gasteiger partial charge in [-0.05, 0) is 74.9 Å². The summed E-state index contributed by atoms with van der Waals surface area (Å²) < 4.78 is 39.2. The van der Waals surface area contributed by atoms with E-state index in [1.165, 1.54) is 4.31 Å². The van der Waals surface area contributed by atoms with E-state index in [-0.39, 0.29) is 18.0 Å². The number of carbonyl (C=O) groups is 2. The highest BCUT2D eigenvalue weighted by Crippen LogP contribution is 2.38. The number of hydrogen-bond donors (Lipinski definition) is 1. The molecule has 8 nitrogen and oxygen atoms in total. The average molecular weight is 495 g/mol. The van der Waals surface area contributed by atoms with Gasteiger partial charge in [-0.2, -0.15) is 0 Å². The van der Waals surface area contributed by atoms with E-state index in [0.29, 0.717) is 22.7 Å². The Balaban J connectivity index is 1.60. The van der Waals surface area contributed by atoms with Crippen molar-refractivity contribution in [2.45, 2.75) is 31.8 Å². The Morgan fingerprint density at radius 3 is 2.31 bits per heavy atom. The number of rotatable bonds is 6. The Labute approximate surface area is 204 Å². The summed E-state index contributed by atoms with van der Waals surface area (Å²) in [5.41, 5.74) is 2.98. The van der Waals surface area contributed by atoms with Crippen LogP contribution in [0.3, 0.4) is 0 Å². The number of benzene rings is 3. The number of fused-ring (bicyclic) bond motifs is 1. The molecular formula is C26H26N2O6S. The Kier molecular flexibility index (Phi) is 6.79. The summed E-state index contributed by atoms with van der Waals surface area (Å²) >= 11 is 0. The number of amides is 1. The predicted octanol–water partition coefficient (Wildman–Crippen LogP) is 4.08. The van der Waals surface area contributed by atoms with E-state index < -0.39 is 28.0 Å². The molecule has 0 aromatic heterocycles. The smallest absolute Gasteiger partial charge is 0.338 e. The van der Waals surface area contributed by atoms with Crippen LogP contribution >= 0.6 is 0 Å². The Hall–Kier alpha value is -3.85. The molecule has 0 aliphatic carbocycles. The maximum Gasteiger partial charge on any atom is 0.338 e. The summed E-state index contributed by atoms with van der Waals surface area (Å²) in [4.78, 5) is 25.0. The van der Waals surface area contributed by atoms with Crippen molar-refractivity contribution in [1.29, 1.82) is 0 Å². The van der Waals surface area contributed by atoms with Crippen LogP contribution in [0.1, 0.15) is 28.4 Å². The molecule has 0 radical (unpaired) electrons. The second-order valence-electron chi connectivity index (χ2n) is 8.21. The van der Waals surface area contributed by atoms with E-state index >= 15 is 0 Å². The van der Waals surface area contributed by atoms with Crippen LogP contribution in [0.25, 0.3) is 0 Å². The van der Waals surface area contributed by atoms with Gasteiger partial charge < -0.3 is 14.8 Å². The molecule has 1 aliphatic rings. The molecule has 3 aromatic carbocycles. The minimum atomic E-state index is -3.95. The Morgan fingerprint density at radius 1 is 1.00 bits per heavy atom. The molecule has 1 N–H and O–H groups in total. The lowest BCUT2D eigenvalue weighted by Gasteiger charge is -2.35. The van der Waals surface area contributed by atoms with Gasteiger partial charge in [0, 0.05) is 5.69 Å². The van der Waals surface area contributed by atoms with Crippen LogP contribution in [0.2, 0.25) is 0 Å². The number of ether oxygens (including phenoxy) is 2. The molecule has 3 aromatic rings. The van der Waals surface area contributed by atoms with Gasteiger partial charge in [-0.15, -0.1) is 0 Å². The SMILES string of the molecule is CCOC(=O)c1ccc(NC(=O)[C@H]2CN(S(=O)(=O)c3ccc(C)cc3)c3cc(C)ccc3O2)cc1. The zero-order chi connectivity index (χ0) is 25.2. The minimum absolute atomic E-state index is 0.131. The number of aryl methyl sites for hydroxylation is 2. The first-order chi connectivity index (χ1) is 16.7. The van der Waals surface area contributed by atoms with Crippen molar-refractivity contribution in [3.63, 3.8) is 0 Å². The van der Waals surface area contributed by atoms with Crippen LogP contribution < -0.4 is 14.4 Å². The molecule has 0 unspecified atom stereocenters. The molecular weight excluding hydrogens is 468 g/mol. The van der Waals surface area contributed by atoms with E-state index in [1.54, 1.807) is 73.7 Å². The topological polar surface area (TPSA) is 102 Å². The fourth-order valence-electron chi connectivity index (χ4n) is 3.69. The number of hydrogen-bond acceptors (Lipinski definition) is 6. The van der Waals surface area contributed by atoms with Crippen LogP contribution in [0.15, 0.2) is 71.6 Å². The van der Waals surface area contributed by atoms with Gasteiger partial charge in [-0.25, -0.2) is 13.2 Å². The van der Waals surface area contributed by atoms with Gasteiger partial charge in [0.1, 0.15) is 5.75 Å². The monoisotopic (exact) mass is 494 g/mol. The van der Waals surface area contributed by atoms with Crippen LogP contribution in [0.4, 0.5) is 11.4 Å². The third kappa shape index (κ3) is 5.14. The Bertz CT molecular complexity index is 1350. The summed E-state index contributed by atoms with van der Waals surface area (Å²) in [6, 6.07) is 18.0. The fourth-order valence-corrected chi connectivity index (χ4v) is 5.16. The molecule has 9 heteroatoms. The molecule has 1 atom stereocenters. The van der Waals surface area contributed by atoms with Crippen LogP contribution in [-0.4, -0.2) is 39.5 Å². The minimum Gasteiger partial charge on any atom is -0.476 e.